The predicted molar refractivity (Wildman–Crippen MR) is 138 cm³/mol. The minimum absolute atomic E-state index is 0.0593. The van der Waals surface area contributed by atoms with E-state index in [2.05, 4.69) is 15.8 Å². The van der Waals surface area contributed by atoms with Crippen molar-refractivity contribution in [2.45, 2.75) is 0 Å². The average molecular weight is 518 g/mol. The molecular weight excluding hydrogens is 498 g/mol. The van der Waals surface area contributed by atoms with Crippen LogP contribution in [0.25, 0.3) is 0 Å². The number of nitrogens with zero attached hydrogens (tertiary/aromatic N) is 1. The Labute approximate surface area is 216 Å². The van der Waals surface area contributed by atoms with Gasteiger partial charge in [-0.2, -0.15) is 5.10 Å². The first-order chi connectivity index (χ1) is 17.9. The van der Waals surface area contributed by atoms with Crippen LogP contribution in [0.4, 0.5) is 5.69 Å². The number of amides is 2. The number of methoxy groups -OCH3 is 1. The van der Waals surface area contributed by atoms with Crippen molar-refractivity contribution in [3.05, 3.63) is 113 Å². The lowest BCUT2D eigenvalue weighted by molar-refractivity contribution is 0.0696. The highest BCUT2D eigenvalue weighted by molar-refractivity contribution is 6.30. The summed E-state index contributed by atoms with van der Waals surface area (Å²) in [5.41, 5.74) is 4.19. The van der Waals surface area contributed by atoms with Crippen LogP contribution in [0.1, 0.15) is 36.8 Å². The van der Waals surface area contributed by atoms with Crippen molar-refractivity contribution in [2.75, 3.05) is 12.4 Å². The molecule has 0 unspecified atom stereocenters. The van der Waals surface area contributed by atoms with Gasteiger partial charge >= 0.3 is 5.97 Å². The SMILES string of the molecule is COc1cc(C=NNC(=O)c2cccc(NC(=O)c3ccc(Cl)cc3)c2)ccc1OC(=O)c1ccco1. The number of anilines is 1. The molecule has 1 heterocycles. The van der Waals surface area contributed by atoms with Gasteiger partial charge in [0, 0.05) is 21.8 Å². The third-order valence-electron chi connectivity index (χ3n) is 4.98. The zero-order valence-corrected chi connectivity index (χ0v) is 20.2. The number of halogens is 1. The molecule has 0 saturated heterocycles. The number of carbonyl (C=O) groups is 3. The molecule has 10 heteroatoms. The number of hydrazone groups is 1. The Bertz CT molecular complexity index is 1450. The first kappa shape index (κ1) is 25.2. The number of nitrogens with one attached hydrogen (secondary N) is 2. The summed E-state index contributed by atoms with van der Waals surface area (Å²) in [6, 6.07) is 20.7. The second-order valence-corrected chi connectivity index (χ2v) is 7.95. The minimum Gasteiger partial charge on any atom is -0.493 e. The van der Waals surface area contributed by atoms with Gasteiger partial charge in [-0.15, -0.1) is 0 Å². The van der Waals surface area contributed by atoms with E-state index in [1.807, 2.05) is 0 Å². The van der Waals surface area contributed by atoms with Gasteiger partial charge in [0.15, 0.2) is 11.5 Å². The fourth-order valence-electron chi connectivity index (χ4n) is 3.17. The topological polar surface area (TPSA) is 119 Å². The minimum atomic E-state index is -0.663. The van der Waals surface area contributed by atoms with Gasteiger partial charge in [0.25, 0.3) is 11.8 Å². The lowest BCUT2D eigenvalue weighted by atomic mass is 10.1. The molecule has 0 spiro atoms. The van der Waals surface area contributed by atoms with Crippen LogP contribution in [-0.2, 0) is 0 Å². The number of hydrogen-bond donors (Lipinski definition) is 2. The van der Waals surface area contributed by atoms with Crippen molar-refractivity contribution in [3.63, 3.8) is 0 Å². The van der Waals surface area contributed by atoms with E-state index in [4.69, 9.17) is 25.5 Å². The fourth-order valence-corrected chi connectivity index (χ4v) is 3.29. The molecule has 0 aliphatic heterocycles. The van der Waals surface area contributed by atoms with Crippen LogP contribution in [0.15, 0.2) is 94.6 Å². The molecule has 1 aromatic heterocycles. The van der Waals surface area contributed by atoms with Gasteiger partial charge in [-0.25, -0.2) is 10.2 Å². The predicted octanol–water partition coefficient (Wildman–Crippen LogP) is 5.18. The third kappa shape index (κ3) is 6.62. The lowest BCUT2D eigenvalue weighted by Gasteiger charge is -2.09. The van der Waals surface area contributed by atoms with E-state index in [9.17, 15) is 14.4 Å². The number of hydrogen-bond acceptors (Lipinski definition) is 7. The number of esters is 1. The number of carbonyl (C=O) groups excluding carboxylic acids is 3. The maximum Gasteiger partial charge on any atom is 0.379 e. The summed E-state index contributed by atoms with van der Waals surface area (Å²) in [6.07, 6.45) is 2.78. The molecule has 0 atom stereocenters. The molecule has 4 rings (SSSR count). The van der Waals surface area contributed by atoms with Crippen LogP contribution in [-0.4, -0.2) is 31.1 Å². The van der Waals surface area contributed by atoms with Crippen LogP contribution in [0.2, 0.25) is 5.02 Å². The van der Waals surface area contributed by atoms with E-state index in [1.165, 1.54) is 37.8 Å². The molecule has 0 aliphatic carbocycles. The molecule has 9 nitrogen and oxygen atoms in total. The first-order valence-electron chi connectivity index (χ1n) is 10.9. The second-order valence-electron chi connectivity index (χ2n) is 7.52. The number of benzene rings is 3. The highest BCUT2D eigenvalue weighted by Gasteiger charge is 2.15. The van der Waals surface area contributed by atoms with Crippen molar-refractivity contribution in [1.82, 2.24) is 5.43 Å². The van der Waals surface area contributed by atoms with Gasteiger partial charge < -0.3 is 19.2 Å². The molecule has 0 saturated carbocycles. The zero-order chi connectivity index (χ0) is 26.2. The lowest BCUT2D eigenvalue weighted by Crippen LogP contribution is -2.18. The van der Waals surface area contributed by atoms with Crippen LogP contribution >= 0.6 is 11.6 Å². The van der Waals surface area contributed by atoms with Crippen molar-refractivity contribution >= 4 is 41.3 Å². The molecule has 0 aliphatic rings. The normalized spacial score (nSPS) is 10.6. The standard InChI is InChI=1S/C27H20ClN3O6/c1-35-24-14-17(7-12-22(24)37-27(34)23-6-3-13-36-23)16-29-31-26(33)19-4-2-5-21(15-19)30-25(32)18-8-10-20(28)11-9-18/h2-16H,1H3,(H,30,32)(H,31,33). The Morgan fingerprint density at radius 1 is 0.892 bits per heavy atom. The molecule has 2 N–H and O–H groups in total. The van der Waals surface area contributed by atoms with Gasteiger partial charge in [0.2, 0.25) is 5.76 Å². The van der Waals surface area contributed by atoms with Gasteiger partial charge in [-0.1, -0.05) is 17.7 Å². The highest BCUT2D eigenvalue weighted by atomic mass is 35.5. The molecule has 0 bridgehead atoms. The molecule has 186 valence electrons. The van der Waals surface area contributed by atoms with Crippen molar-refractivity contribution in [2.24, 2.45) is 5.10 Å². The molecule has 37 heavy (non-hydrogen) atoms. The number of ether oxygens (including phenoxy) is 2. The van der Waals surface area contributed by atoms with Crippen LogP contribution in [0.3, 0.4) is 0 Å². The second kappa shape index (κ2) is 11.7. The largest absolute Gasteiger partial charge is 0.493 e. The van der Waals surface area contributed by atoms with Crippen LogP contribution < -0.4 is 20.2 Å². The summed E-state index contributed by atoms with van der Waals surface area (Å²) in [5.74, 6) is -0.927. The summed E-state index contributed by atoms with van der Waals surface area (Å²) < 4.78 is 15.6. The van der Waals surface area contributed by atoms with E-state index < -0.39 is 11.9 Å². The van der Waals surface area contributed by atoms with Gasteiger partial charge in [0.05, 0.1) is 19.6 Å². The Kier molecular flexibility index (Phi) is 7.97. The van der Waals surface area contributed by atoms with E-state index in [1.54, 1.807) is 60.7 Å². The molecule has 0 radical (unpaired) electrons. The quantitative estimate of drug-likeness (QED) is 0.144. The monoisotopic (exact) mass is 517 g/mol. The van der Waals surface area contributed by atoms with Gasteiger partial charge in [-0.05, 0) is 78.4 Å². The van der Waals surface area contributed by atoms with Crippen LogP contribution in [0, 0.1) is 0 Å². The van der Waals surface area contributed by atoms with Crippen molar-refractivity contribution in [1.29, 1.82) is 0 Å². The Morgan fingerprint density at radius 3 is 2.43 bits per heavy atom. The average Bonchev–Trinajstić information content (AvgIpc) is 3.45. The van der Waals surface area contributed by atoms with Crippen molar-refractivity contribution < 1.29 is 28.3 Å². The highest BCUT2D eigenvalue weighted by Crippen LogP contribution is 2.28. The summed E-state index contributed by atoms with van der Waals surface area (Å²) in [5, 5.41) is 7.23. The van der Waals surface area contributed by atoms with E-state index in [0.29, 0.717) is 33.1 Å². The summed E-state index contributed by atoms with van der Waals surface area (Å²) in [6.45, 7) is 0. The number of furan rings is 1. The first-order valence-corrected chi connectivity index (χ1v) is 11.2. The number of rotatable bonds is 8. The summed E-state index contributed by atoms with van der Waals surface area (Å²) in [4.78, 5) is 37.1. The molecule has 4 aromatic rings. The fraction of sp³-hybridized carbons (Fsp3) is 0.0370. The molecular formula is C27H20ClN3O6. The Morgan fingerprint density at radius 2 is 1.70 bits per heavy atom. The Hall–Kier alpha value is -4.89. The van der Waals surface area contributed by atoms with Gasteiger partial charge in [0.1, 0.15) is 0 Å². The summed E-state index contributed by atoms with van der Waals surface area (Å²) in [7, 11) is 1.43. The van der Waals surface area contributed by atoms with Gasteiger partial charge in [-0.3, -0.25) is 9.59 Å². The smallest absolute Gasteiger partial charge is 0.379 e. The third-order valence-corrected chi connectivity index (χ3v) is 5.23. The maximum absolute atomic E-state index is 12.5. The zero-order valence-electron chi connectivity index (χ0n) is 19.4. The molecule has 3 aromatic carbocycles. The van der Waals surface area contributed by atoms with Crippen LogP contribution in [0.5, 0.6) is 11.5 Å². The van der Waals surface area contributed by atoms with E-state index in [0.717, 1.165) is 0 Å². The van der Waals surface area contributed by atoms with E-state index >= 15 is 0 Å². The molecule has 0 fully saturated rings. The molecule has 2 amide bonds. The van der Waals surface area contributed by atoms with Crippen molar-refractivity contribution in [3.8, 4) is 11.5 Å². The van der Waals surface area contributed by atoms with E-state index in [-0.39, 0.29) is 17.4 Å². The Balaban J connectivity index is 1.37. The maximum atomic E-state index is 12.5. The summed E-state index contributed by atoms with van der Waals surface area (Å²) >= 11 is 5.86.